The zero-order chi connectivity index (χ0) is 39.2. The van der Waals surface area contributed by atoms with Crippen LogP contribution < -0.4 is 4.90 Å². The van der Waals surface area contributed by atoms with E-state index in [1.807, 2.05) is 66.8 Å². The highest BCUT2D eigenvalue weighted by molar-refractivity contribution is 7.85. The monoisotopic (exact) mass is 768 g/mol. The molecular weight excluding hydrogens is 721 g/mol. The van der Waals surface area contributed by atoms with Crippen LogP contribution in [0.4, 0.5) is 11.4 Å². The largest absolute Gasteiger partial charge is 0.748 e. The summed E-state index contributed by atoms with van der Waals surface area (Å²) in [4.78, 5) is 24.9. The molecule has 0 bridgehead atoms. The lowest BCUT2D eigenvalue weighted by molar-refractivity contribution is -0.438. The molecule has 286 valence electrons. The summed E-state index contributed by atoms with van der Waals surface area (Å²) in [5.74, 6) is -2.62. The molecule has 4 rings (SSSR count). The minimum absolute atomic E-state index is 0.104. The van der Waals surface area contributed by atoms with Crippen molar-refractivity contribution < 1.29 is 50.3 Å². The Hall–Kier alpha value is -4.37. The van der Waals surface area contributed by atoms with Crippen molar-refractivity contribution >= 4 is 49.3 Å². The van der Waals surface area contributed by atoms with Crippen LogP contribution in [0.2, 0.25) is 0 Å². The molecule has 0 amide bonds. The molecule has 2 aromatic rings. The number of hydrogen-bond donors (Lipinski definition) is 3. The Morgan fingerprint density at radius 1 is 0.774 bits per heavy atom. The fourth-order valence-electron chi connectivity index (χ4n) is 7.09. The summed E-state index contributed by atoms with van der Waals surface area (Å²) in [6.07, 6.45) is 14.6. The summed E-state index contributed by atoms with van der Waals surface area (Å²) in [7, 11) is -8.39. The van der Waals surface area contributed by atoms with Crippen molar-refractivity contribution in [2.24, 2.45) is 0 Å². The summed E-state index contributed by atoms with van der Waals surface area (Å²) < 4.78 is 67.4. The number of allylic oxidation sites excluding steroid dienone is 8. The first kappa shape index (κ1) is 41.4. The third-order valence-electron chi connectivity index (χ3n) is 9.64. The van der Waals surface area contributed by atoms with Crippen LogP contribution in [0.5, 0.6) is 0 Å². The molecule has 0 spiro atoms. The molecule has 0 aromatic heterocycles. The summed E-state index contributed by atoms with van der Waals surface area (Å²) in [6, 6.07) is 11.2. The van der Waals surface area contributed by atoms with Crippen LogP contribution in [0, 0.1) is 0 Å². The second-order valence-electron chi connectivity index (χ2n) is 14.4. The van der Waals surface area contributed by atoms with Crippen molar-refractivity contribution in [3.05, 3.63) is 107 Å². The van der Waals surface area contributed by atoms with Gasteiger partial charge in [0.05, 0.1) is 34.1 Å². The van der Waals surface area contributed by atoms with E-state index in [4.69, 9.17) is 0 Å². The lowest BCUT2D eigenvalue weighted by atomic mass is 9.80. The van der Waals surface area contributed by atoms with E-state index in [2.05, 4.69) is 37.2 Å². The van der Waals surface area contributed by atoms with Gasteiger partial charge in [-0.25, -0.2) is 8.42 Å². The normalized spacial score (nSPS) is 17.5. The lowest BCUT2D eigenvalue weighted by Gasteiger charge is -2.27. The van der Waals surface area contributed by atoms with E-state index in [1.54, 1.807) is 12.1 Å². The lowest BCUT2D eigenvalue weighted by Crippen LogP contribution is -2.28. The zero-order valence-corrected chi connectivity index (χ0v) is 32.1. The van der Waals surface area contributed by atoms with E-state index in [0.29, 0.717) is 37.1 Å². The van der Waals surface area contributed by atoms with Crippen LogP contribution >= 0.6 is 0 Å². The van der Waals surface area contributed by atoms with Crippen molar-refractivity contribution in [1.29, 1.82) is 0 Å². The Labute approximate surface area is 312 Å². The zero-order valence-electron chi connectivity index (χ0n) is 30.5. The molecule has 3 N–H and O–H groups in total. The average Bonchev–Trinajstić information content (AvgIpc) is 3.37. The molecule has 2 heterocycles. The smallest absolute Gasteiger partial charge is 0.307 e. The van der Waals surface area contributed by atoms with Gasteiger partial charge in [-0.05, 0) is 68.0 Å². The number of anilines is 1. The maximum Gasteiger partial charge on any atom is 0.307 e. The Morgan fingerprint density at radius 3 is 1.98 bits per heavy atom. The minimum Gasteiger partial charge on any atom is -0.748 e. The highest BCUT2D eigenvalue weighted by Crippen LogP contribution is 2.48. The van der Waals surface area contributed by atoms with Crippen molar-refractivity contribution in [2.45, 2.75) is 77.0 Å². The second kappa shape index (κ2) is 16.8. The molecule has 2 aromatic carbocycles. The van der Waals surface area contributed by atoms with Crippen LogP contribution in [0.3, 0.4) is 0 Å². The van der Waals surface area contributed by atoms with Gasteiger partial charge in [-0.3, -0.25) is 14.1 Å². The molecule has 0 unspecified atom stereocenters. The highest BCUT2D eigenvalue weighted by atomic mass is 32.2. The fraction of sp³-hybridized carbons (Fsp3) is 0.410. The summed E-state index contributed by atoms with van der Waals surface area (Å²) in [6.45, 7) is 9.19. The highest BCUT2D eigenvalue weighted by Gasteiger charge is 2.44. The van der Waals surface area contributed by atoms with Crippen molar-refractivity contribution in [2.75, 3.05) is 29.5 Å². The predicted octanol–water partition coefficient (Wildman–Crippen LogP) is 5.66. The molecule has 0 saturated heterocycles. The number of unbranched alkanes of at least 4 members (excludes halogenated alkanes) is 2. The summed E-state index contributed by atoms with van der Waals surface area (Å²) in [5.41, 5.74) is 6.04. The third kappa shape index (κ3) is 10.8. The third-order valence-corrected chi connectivity index (χ3v) is 11.2. The van der Waals surface area contributed by atoms with Gasteiger partial charge in [0.25, 0.3) is 10.1 Å². The first-order chi connectivity index (χ1) is 24.7. The van der Waals surface area contributed by atoms with Gasteiger partial charge in [0, 0.05) is 53.2 Å². The number of benzene rings is 2. The van der Waals surface area contributed by atoms with Crippen LogP contribution in [0.1, 0.15) is 75.6 Å². The molecule has 0 atom stereocenters. The van der Waals surface area contributed by atoms with Crippen LogP contribution in [0.15, 0.2) is 84.6 Å². The Bertz CT molecular complexity index is 2110. The van der Waals surface area contributed by atoms with E-state index < -0.39 is 48.8 Å². The number of fused-ring (bicyclic) bond motifs is 2. The quantitative estimate of drug-likeness (QED) is 0.0734. The van der Waals surface area contributed by atoms with Crippen molar-refractivity contribution in [1.82, 2.24) is 0 Å². The van der Waals surface area contributed by atoms with E-state index in [0.717, 1.165) is 33.9 Å². The van der Waals surface area contributed by atoms with Gasteiger partial charge >= 0.3 is 11.9 Å². The molecule has 0 radical (unpaired) electrons. The topological polar surface area (TPSA) is 192 Å². The SMILES string of the molecule is CC1(C)C(=CC=CC=CC=CC2=[N+](CCCCS(=O)(=O)O)c3ccc(CC(=O)O)cc3C2(C)C)N(CCCCS(=O)(=O)[O-])c2ccc(CC(=O)O)cc21. The summed E-state index contributed by atoms with van der Waals surface area (Å²) in [5, 5.41) is 18.7. The number of carbonyl (C=O) groups is 2. The number of nitrogens with zero attached hydrogens (tertiary/aromatic N) is 2. The molecular formula is C39H48N2O10S2. The van der Waals surface area contributed by atoms with Gasteiger partial charge in [-0.15, -0.1) is 0 Å². The molecule has 2 aliphatic rings. The molecule has 14 heteroatoms. The number of carboxylic acid groups (broad SMARTS) is 2. The standard InChI is InChI=1S/C39H48N2O10S2/c1-38(2)30-24-28(26-36(42)43)16-18-32(30)40(20-10-12-22-52(46,47)48)34(38)14-8-6-5-7-9-15-35-39(3,4)31-25-29(27-37(44)45)17-19-33(31)41(35)21-11-13-23-53(49,50)51/h5-9,14-19,24-25H,10-13,20-23,26-27H2,1-4H3,(H3-,42,43,44,45,46,47,48,49,50,51). The van der Waals surface area contributed by atoms with Crippen LogP contribution in [0.25, 0.3) is 0 Å². The summed E-state index contributed by atoms with van der Waals surface area (Å²) >= 11 is 0. The van der Waals surface area contributed by atoms with Gasteiger partial charge < -0.3 is 19.7 Å². The molecule has 0 fully saturated rings. The van der Waals surface area contributed by atoms with Crippen molar-refractivity contribution in [3.8, 4) is 0 Å². The van der Waals surface area contributed by atoms with Gasteiger partial charge in [-0.1, -0.05) is 62.4 Å². The predicted molar refractivity (Wildman–Crippen MR) is 204 cm³/mol. The number of carboxylic acids is 2. The fourth-order valence-corrected chi connectivity index (χ4v) is 8.21. The van der Waals surface area contributed by atoms with E-state index in [-0.39, 0.29) is 31.4 Å². The Morgan fingerprint density at radius 2 is 1.36 bits per heavy atom. The molecule has 0 aliphatic carbocycles. The van der Waals surface area contributed by atoms with E-state index in [9.17, 15) is 45.7 Å². The first-order valence-corrected chi connectivity index (χ1v) is 20.6. The average molecular weight is 769 g/mol. The van der Waals surface area contributed by atoms with Crippen molar-refractivity contribution in [3.63, 3.8) is 0 Å². The second-order valence-corrected chi connectivity index (χ2v) is 17.5. The molecule has 12 nitrogen and oxygen atoms in total. The van der Waals surface area contributed by atoms with Crippen LogP contribution in [-0.4, -0.2) is 83.0 Å². The van der Waals surface area contributed by atoms with Gasteiger partial charge in [0.1, 0.15) is 6.54 Å². The Balaban J connectivity index is 1.57. The number of rotatable bonds is 18. The minimum atomic E-state index is -4.32. The number of hydrogen-bond acceptors (Lipinski definition) is 8. The van der Waals surface area contributed by atoms with Gasteiger partial charge in [0.2, 0.25) is 5.69 Å². The van der Waals surface area contributed by atoms with Gasteiger partial charge in [-0.2, -0.15) is 13.0 Å². The van der Waals surface area contributed by atoms with E-state index >= 15 is 0 Å². The van der Waals surface area contributed by atoms with Crippen LogP contribution in [-0.2, 0) is 53.5 Å². The maximum absolute atomic E-state index is 11.4. The number of aliphatic carboxylic acids is 2. The molecule has 53 heavy (non-hydrogen) atoms. The molecule has 0 saturated carbocycles. The Kier molecular flexibility index (Phi) is 13.1. The van der Waals surface area contributed by atoms with E-state index in [1.165, 1.54) is 0 Å². The van der Waals surface area contributed by atoms with Gasteiger partial charge in [0.15, 0.2) is 5.71 Å². The first-order valence-electron chi connectivity index (χ1n) is 17.4. The molecule has 2 aliphatic heterocycles. The maximum atomic E-state index is 11.4.